The molecule has 0 saturated heterocycles. The second-order valence-electron chi connectivity index (χ2n) is 2.51. The first kappa shape index (κ1) is 9.01. The van der Waals surface area contributed by atoms with Gasteiger partial charge in [0.05, 0.1) is 0 Å². The lowest BCUT2D eigenvalue weighted by atomic mass is 10.2. The average molecular weight is 142 g/mol. The van der Waals surface area contributed by atoms with Gasteiger partial charge in [-0.3, -0.25) is 4.79 Å². The number of hydrogen-bond donors (Lipinski definition) is 1. The van der Waals surface area contributed by atoms with E-state index in [0.717, 1.165) is 0 Å². The second kappa shape index (κ2) is 3.25. The monoisotopic (exact) mass is 142 g/mol. The van der Waals surface area contributed by atoms with Gasteiger partial charge in [-0.25, -0.2) is 0 Å². The molecular formula is C7H14N2O. The normalized spacial score (nSPS) is 12.4. The van der Waals surface area contributed by atoms with Gasteiger partial charge in [0.15, 0.2) is 0 Å². The fourth-order valence-electron chi connectivity index (χ4n) is 0.504. The molecule has 0 saturated carbocycles. The van der Waals surface area contributed by atoms with E-state index in [2.05, 4.69) is 0 Å². The van der Waals surface area contributed by atoms with Crippen LogP contribution in [0, 0.1) is 0 Å². The van der Waals surface area contributed by atoms with Crippen LogP contribution in [-0.2, 0) is 4.79 Å². The van der Waals surface area contributed by atoms with Gasteiger partial charge in [-0.05, 0) is 13.8 Å². The lowest BCUT2D eigenvalue weighted by Gasteiger charge is -2.10. The lowest BCUT2D eigenvalue weighted by Crippen LogP contribution is -2.24. The summed E-state index contributed by atoms with van der Waals surface area (Å²) >= 11 is 0. The lowest BCUT2D eigenvalue weighted by molar-refractivity contribution is -0.124. The molecule has 1 amide bonds. The summed E-state index contributed by atoms with van der Waals surface area (Å²) in [6.07, 6.45) is 0. The standard InChI is InChI=1S/C7H14N2O/c1-5(6(2)8)7(10)9(3)4/h8H2,1-4H3/b6-5-. The van der Waals surface area contributed by atoms with Crippen molar-refractivity contribution in [3.05, 3.63) is 11.3 Å². The molecule has 10 heavy (non-hydrogen) atoms. The van der Waals surface area contributed by atoms with Crippen LogP contribution in [0.15, 0.2) is 11.3 Å². The van der Waals surface area contributed by atoms with E-state index in [0.29, 0.717) is 11.3 Å². The molecule has 58 valence electrons. The zero-order chi connectivity index (χ0) is 8.31. The van der Waals surface area contributed by atoms with E-state index in [1.54, 1.807) is 27.9 Å². The number of rotatable bonds is 1. The summed E-state index contributed by atoms with van der Waals surface area (Å²) in [6, 6.07) is 0. The molecule has 0 aromatic rings. The van der Waals surface area contributed by atoms with E-state index in [1.807, 2.05) is 0 Å². The van der Waals surface area contributed by atoms with Gasteiger partial charge in [-0.15, -0.1) is 0 Å². The van der Waals surface area contributed by atoms with Crippen LogP contribution in [0.3, 0.4) is 0 Å². The fourth-order valence-corrected chi connectivity index (χ4v) is 0.504. The smallest absolute Gasteiger partial charge is 0.250 e. The molecule has 0 unspecified atom stereocenters. The summed E-state index contributed by atoms with van der Waals surface area (Å²) < 4.78 is 0. The van der Waals surface area contributed by atoms with Gasteiger partial charge >= 0.3 is 0 Å². The Kier molecular flexibility index (Phi) is 2.93. The van der Waals surface area contributed by atoms with Crippen LogP contribution < -0.4 is 5.73 Å². The topological polar surface area (TPSA) is 46.3 Å². The molecule has 0 aliphatic rings. The molecule has 0 rings (SSSR count). The first-order chi connectivity index (χ1) is 4.46. The van der Waals surface area contributed by atoms with Crippen LogP contribution in [0.1, 0.15) is 13.8 Å². The quantitative estimate of drug-likeness (QED) is 0.536. The van der Waals surface area contributed by atoms with Crippen LogP contribution >= 0.6 is 0 Å². The summed E-state index contributed by atoms with van der Waals surface area (Å²) in [5, 5.41) is 0. The zero-order valence-corrected chi connectivity index (χ0v) is 6.93. The van der Waals surface area contributed by atoms with Gasteiger partial charge in [0.2, 0.25) is 0 Å². The van der Waals surface area contributed by atoms with Crippen LogP contribution in [-0.4, -0.2) is 24.9 Å². The molecule has 0 heterocycles. The summed E-state index contributed by atoms with van der Waals surface area (Å²) in [5.74, 6) is -0.0278. The number of nitrogens with zero attached hydrogens (tertiary/aromatic N) is 1. The van der Waals surface area contributed by atoms with Crippen LogP contribution in [0.25, 0.3) is 0 Å². The Morgan fingerprint density at radius 1 is 1.30 bits per heavy atom. The van der Waals surface area contributed by atoms with Gasteiger partial charge < -0.3 is 10.6 Å². The number of amides is 1. The van der Waals surface area contributed by atoms with Gasteiger partial charge in [0.1, 0.15) is 0 Å². The third kappa shape index (κ3) is 2.09. The minimum absolute atomic E-state index is 0.0278. The molecule has 0 aliphatic carbocycles. The Morgan fingerprint density at radius 2 is 1.70 bits per heavy atom. The number of allylic oxidation sites excluding steroid dienone is 1. The van der Waals surface area contributed by atoms with Gasteiger partial charge in [-0.1, -0.05) is 0 Å². The van der Waals surface area contributed by atoms with Crippen molar-refractivity contribution in [3.8, 4) is 0 Å². The van der Waals surface area contributed by atoms with Gasteiger partial charge in [0.25, 0.3) is 5.91 Å². The Labute approximate surface area is 61.5 Å². The molecule has 0 aliphatic heterocycles. The highest BCUT2D eigenvalue weighted by Crippen LogP contribution is 1.99. The van der Waals surface area contributed by atoms with E-state index >= 15 is 0 Å². The second-order valence-corrected chi connectivity index (χ2v) is 2.51. The van der Waals surface area contributed by atoms with Crippen molar-refractivity contribution in [2.24, 2.45) is 5.73 Å². The number of carbonyl (C=O) groups excluding carboxylic acids is 1. The summed E-state index contributed by atoms with van der Waals surface area (Å²) in [5.41, 5.74) is 6.60. The van der Waals surface area contributed by atoms with E-state index in [-0.39, 0.29) is 5.91 Å². The zero-order valence-electron chi connectivity index (χ0n) is 6.93. The van der Waals surface area contributed by atoms with Crippen LogP contribution in [0.2, 0.25) is 0 Å². The molecule has 0 spiro atoms. The summed E-state index contributed by atoms with van der Waals surface area (Å²) in [7, 11) is 3.41. The van der Waals surface area contributed by atoms with E-state index in [4.69, 9.17) is 5.73 Å². The third-order valence-electron chi connectivity index (χ3n) is 1.32. The molecular weight excluding hydrogens is 128 g/mol. The molecule has 3 heteroatoms. The molecule has 0 radical (unpaired) electrons. The van der Waals surface area contributed by atoms with Gasteiger partial charge in [0, 0.05) is 25.4 Å². The van der Waals surface area contributed by atoms with E-state index in [9.17, 15) is 4.79 Å². The average Bonchev–Trinajstić information content (AvgIpc) is 1.84. The number of carbonyl (C=O) groups is 1. The first-order valence-electron chi connectivity index (χ1n) is 3.11. The number of nitrogens with two attached hydrogens (primary N) is 1. The van der Waals surface area contributed by atoms with Crippen LogP contribution in [0.4, 0.5) is 0 Å². The van der Waals surface area contributed by atoms with Crippen molar-refractivity contribution in [1.82, 2.24) is 4.90 Å². The molecule has 0 aromatic heterocycles. The Morgan fingerprint density at radius 3 is 1.80 bits per heavy atom. The predicted octanol–water partition coefficient (Wildman–Crippen LogP) is 0.327. The maximum absolute atomic E-state index is 11.1. The van der Waals surface area contributed by atoms with Gasteiger partial charge in [-0.2, -0.15) is 0 Å². The maximum atomic E-state index is 11.1. The SMILES string of the molecule is C/C(N)=C(\C)C(=O)N(C)C. The molecule has 0 fully saturated rings. The summed E-state index contributed by atoms with van der Waals surface area (Å²) in [6.45, 7) is 3.44. The Balaban J connectivity index is 4.38. The van der Waals surface area contributed by atoms with Crippen molar-refractivity contribution in [2.45, 2.75) is 13.8 Å². The Hall–Kier alpha value is -0.990. The minimum atomic E-state index is -0.0278. The largest absolute Gasteiger partial charge is 0.402 e. The van der Waals surface area contributed by atoms with Crippen molar-refractivity contribution in [1.29, 1.82) is 0 Å². The highest BCUT2D eigenvalue weighted by molar-refractivity contribution is 5.92. The molecule has 0 bridgehead atoms. The molecule has 2 N–H and O–H groups in total. The minimum Gasteiger partial charge on any atom is -0.402 e. The Bertz CT molecular complexity index is 166. The fraction of sp³-hybridized carbons (Fsp3) is 0.571. The van der Waals surface area contributed by atoms with Crippen molar-refractivity contribution in [2.75, 3.05) is 14.1 Å². The number of likely N-dealkylation sites (N-methyl/N-ethyl adjacent to an activating group) is 1. The number of hydrogen-bond acceptors (Lipinski definition) is 2. The highest BCUT2D eigenvalue weighted by atomic mass is 16.2. The molecule has 3 nitrogen and oxygen atoms in total. The van der Waals surface area contributed by atoms with Crippen LogP contribution in [0.5, 0.6) is 0 Å². The highest BCUT2D eigenvalue weighted by Gasteiger charge is 2.06. The van der Waals surface area contributed by atoms with E-state index < -0.39 is 0 Å². The van der Waals surface area contributed by atoms with Crippen molar-refractivity contribution >= 4 is 5.91 Å². The molecule has 0 aromatic carbocycles. The first-order valence-corrected chi connectivity index (χ1v) is 3.11. The molecule has 0 atom stereocenters. The summed E-state index contributed by atoms with van der Waals surface area (Å²) in [4.78, 5) is 12.6. The van der Waals surface area contributed by atoms with Crippen molar-refractivity contribution in [3.63, 3.8) is 0 Å². The van der Waals surface area contributed by atoms with E-state index in [1.165, 1.54) is 4.90 Å². The maximum Gasteiger partial charge on any atom is 0.250 e. The predicted molar refractivity (Wildman–Crippen MR) is 41.3 cm³/mol. The van der Waals surface area contributed by atoms with Crippen molar-refractivity contribution < 1.29 is 4.79 Å². The third-order valence-corrected chi connectivity index (χ3v) is 1.32.